The SMILES string of the molecule is COc1ccc(-c2nn(CN3CCC[C@@H](O)C3)c(=S)n2CC(C)C)cc1. The van der Waals surface area contributed by atoms with E-state index < -0.39 is 0 Å². The first-order valence-electron chi connectivity index (χ1n) is 9.20. The molecule has 26 heavy (non-hydrogen) atoms. The summed E-state index contributed by atoms with van der Waals surface area (Å²) in [5.74, 6) is 2.17. The van der Waals surface area contributed by atoms with Crippen LogP contribution >= 0.6 is 12.2 Å². The number of ether oxygens (including phenoxy) is 1. The third-order valence-corrected chi connectivity index (χ3v) is 5.06. The van der Waals surface area contributed by atoms with Crippen molar-refractivity contribution in [3.8, 4) is 17.1 Å². The van der Waals surface area contributed by atoms with Crippen LogP contribution in [0.4, 0.5) is 0 Å². The number of β-amino-alcohol motifs (C(OH)–C–C–N with tert-alkyl or cyclic N) is 1. The molecule has 7 heteroatoms. The molecule has 0 radical (unpaired) electrons. The van der Waals surface area contributed by atoms with Crippen LogP contribution in [0, 0.1) is 10.7 Å². The lowest BCUT2D eigenvalue weighted by Crippen LogP contribution is -2.39. The Balaban J connectivity index is 1.93. The van der Waals surface area contributed by atoms with E-state index in [1.165, 1.54) is 0 Å². The molecular formula is C19H28N4O2S. The van der Waals surface area contributed by atoms with Crippen LogP contribution in [0.15, 0.2) is 24.3 Å². The molecular weight excluding hydrogens is 348 g/mol. The summed E-state index contributed by atoms with van der Waals surface area (Å²) in [5.41, 5.74) is 1.02. The van der Waals surface area contributed by atoms with E-state index in [4.69, 9.17) is 22.1 Å². The van der Waals surface area contributed by atoms with Gasteiger partial charge in [-0.05, 0) is 55.2 Å². The number of aromatic nitrogens is 3. The van der Waals surface area contributed by atoms with Gasteiger partial charge in [0.15, 0.2) is 10.6 Å². The van der Waals surface area contributed by atoms with E-state index in [1.807, 2.05) is 28.9 Å². The van der Waals surface area contributed by atoms with Crippen molar-refractivity contribution < 1.29 is 9.84 Å². The Morgan fingerprint density at radius 1 is 1.31 bits per heavy atom. The lowest BCUT2D eigenvalue weighted by Gasteiger charge is -2.29. The van der Waals surface area contributed by atoms with Crippen molar-refractivity contribution >= 4 is 12.2 Å². The van der Waals surface area contributed by atoms with Gasteiger partial charge in [-0.25, -0.2) is 4.68 Å². The molecule has 0 aliphatic carbocycles. The predicted molar refractivity (Wildman–Crippen MR) is 105 cm³/mol. The molecule has 1 aromatic carbocycles. The molecule has 142 valence electrons. The summed E-state index contributed by atoms with van der Waals surface area (Å²) < 4.78 is 9.98. The van der Waals surface area contributed by atoms with Gasteiger partial charge in [0.25, 0.3) is 0 Å². The van der Waals surface area contributed by atoms with Gasteiger partial charge in [-0.2, -0.15) is 5.10 Å². The number of piperidine rings is 1. The average molecular weight is 377 g/mol. The molecule has 0 spiro atoms. The Morgan fingerprint density at radius 3 is 2.65 bits per heavy atom. The maximum Gasteiger partial charge on any atom is 0.199 e. The van der Waals surface area contributed by atoms with Gasteiger partial charge in [0, 0.05) is 25.2 Å². The highest BCUT2D eigenvalue weighted by molar-refractivity contribution is 7.71. The number of likely N-dealkylation sites (tertiary alicyclic amines) is 1. The van der Waals surface area contributed by atoms with Crippen molar-refractivity contribution in [1.29, 1.82) is 0 Å². The maximum atomic E-state index is 9.92. The van der Waals surface area contributed by atoms with Gasteiger partial charge in [0.1, 0.15) is 5.75 Å². The van der Waals surface area contributed by atoms with Crippen molar-refractivity contribution in [2.75, 3.05) is 20.2 Å². The monoisotopic (exact) mass is 376 g/mol. The first-order chi connectivity index (χ1) is 12.5. The number of hydrogen-bond donors (Lipinski definition) is 1. The maximum absolute atomic E-state index is 9.92. The van der Waals surface area contributed by atoms with Crippen molar-refractivity contribution in [3.05, 3.63) is 29.0 Å². The van der Waals surface area contributed by atoms with Crippen LogP contribution in [-0.2, 0) is 13.2 Å². The van der Waals surface area contributed by atoms with Crippen LogP contribution in [-0.4, -0.2) is 50.7 Å². The molecule has 0 amide bonds. The average Bonchev–Trinajstić information content (AvgIpc) is 2.91. The zero-order valence-electron chi connectivity index (χ0n) is 15.8. The molecule has 1 aliphatic rings. The van der Waals surface area contributed by atoms with Gasteiger partial charge >= 0.3 is 0 Å². The molecule has 6 nitrogen and oxygen atoms in total. The molecule has 0 unspecified atom stereocenters. The van der Waals surface area contributed by atoms with E-state index in [9.17, 15) is 5.11 Å². The lowest BCUT2D eigenvalue weighted by molar-refractivity contribution is 0.0512. The topological polar surface area (TPSA) is 55.4 Å². The number of hydrogen-bond acceptors (Lipinski definition) is 5. The van der Waals surface area contributed by atoms with Crippen LogP contribution < -0.4 is 4.74 Å². The van der Waals surface area contributed by atoms with E-state index in [1.54, 1.807) is 7.11 Å². The summed E-state index contributed by atoms with van der Waals surface area (Å²) in [7, 11) is 1.66. The van der Waals surface area contributed by atoms with Gasteiger partial charge < -0.3 is 9.84 Å². The number of benzene rings is 1. The molecule has 0 bridgehead atoms. The Hall–Kier alpha value is -1.70. The van der Waals surface area contributed by atoms with Gasteiger partial charge in [0.05, 0.1) is 19.9 Å². The molecule has 1 saturated heterocycles. The predicted octanol–water partition coefficient (Wildman–Crippen LogP) is 3.16. The third-order valence-electron chi connectivity index (χ3n) is 4.63. The summed E-state index contributed by atoms with van der Waals surface area (Å²) >= 11 is 5.73. The fourth-order valence-corrected chi connectivity index (χ4v) is 3.63. The highest BCUT2D eigenvalue weighted by Gasteiger charge is 2.20. The van der Waals surface area contributed by atoms with E-state index in [0.29, 0.717) is 19.1 Å². The number of aliphatic hydroxyl groups is 1. The lowest BCUT2D eigenvalue weighted by atomic mass is 10.1. The Morgan fingerprint density at radius 2 is 2.04 bits per heavy atom. The van der Waals surface area contributed by atoms with Crippen molar-refractivity contribution in [1.82, 2.24) is 19.2 Å². The van der Waals surface area contributed by atoms with Crippen LogP contribution in [0.2, 0.25) is 0 Å². The summed E-state index contributed by atoms with van der Waals surface area (Å²) in [4.78, 5) is 2.22. The standard InChI is InChI=1S/C19H28N4O2S/c1-14(2)11-22-18(15-6-8-17(25-3)9-7-15)20-23(19(22)26)13-21-10-4-5-16(24)12-21/h6-9,14,16,24H,4-5,10-13H2,1-3H3/t16-/m1/s1. The fraction of sp³-hybridized carbons (Fsp3) is 0.579. The number of methoxy groups -OCH3 is 1. The minimum Gasteiger partial charge on any atom is -0.497 e. The highest BCUT2D eigenvalue weighted by Crippen LogP contribution is 2.23. The van der Waals surface area contributed by atoms with E-state index in [2.05, 4.69) is 23.3 Å². The zero-order chi connectivity index (χ0) is 18.7. The Kier molecular flexibility index (Phi) is 6.11. The molecule has 1 aromatic heterocycles. The number of rotatable bonds is 6. The van der Waals surface area contributed by atoms with Gasteiger partial charge in [0.2, 0.25) is 0 Å². The molecule has 1 aliphatic heterocycles. The minimum absolute atomic E-state index is 0.253. The van der Waals surface area contributed by atoms with Gasteiger partial charge in [-0.15, -0.1) is 0 Å². The molecule has 2 heterocycles. The van der Waals surface area contributed by atoms with E-state index >= 15 is 0 Å². The molecule has 1 N–H and O–H groups in total. The van der Waals surface area contributed by atoms with Gasteiger partial charge in [-0.1, -0.05) is 13.8 Å². The second-order valence-corrected chi connectivity index (χ2v) is 7.72. The summed E-state index contributed by atoms with van der Waals surface area (Å²) in [6.07, 6.45) is 1.63. The summed E-state index contributed by atoms with van der Waals surface area (Å²) in [6, 6.07) is 7.92. The first kappa shape index (κ1) is 19.1. The van der Waals surface area contributed by atoms with Gasteiger partial charge in [-0.3, -0.25) is 9.47 Å². The zero-order valence-corrected chi connectivity index (χ0v) is 16.6. The smallest absolute Gasteiger partial charge is 0.199 e. The minimum atomic E-state index is -0.253. The van der Waals surface area contributed by atoms with E-state index in [-0.39, 0.29) is 6.10 Å². The van der Waals surface area contributed by atoms with Crippen molar-refractivity contribution in [2.45, 2.75) is 46.0 Å². The second kappa shape index (κ2) is 8.33. The van der Waals surface area contributed by atoms with Crippen molar-refractivity contribution in [2.24, 2.45) is 5.92 Å². The molecule has 0 saturated carbocycles. The van der Waals surface area contributed by atoms with Crippen LogP contribution in [0.1, 0.15) is 26.7 Å². The molecule has 1 atom stereocenters. The van der Waals surface area contributed by atoms with Crippen molar-refractivity contribution in [3.63, 3.8) is 0 Å². The second-order valence-electron chi connectivity index (χ2n) is 7.35. The summed E-state index contributed by atoms with van der Waals surface area (Å²) in [5, 5.41) is 14.7. The highest BCUT2D eigenvalue weighted by atomic mass is 32.1. The van der Waals surface area contributed by atoms with Crippen LogP contribution in [0.3, 0.4) is 0 Å². The van der Waals surface area contributed by atoms with Crippen LogP contribution in [0.5, 0.6) is 5.75 Å². The third kappa shape index (κ3) is 4.34. The van der Waals surface area contributed by atoms with E-state index in [0.717, 1.165) is 47.8 Å². The van der Waals surface area contributed by atoms with Crippen LogP contribution in [0.25, 0.3) is 11.4 Å². The molecule has 3 rings (SSSR count). The summed E-state index contributed by atoms with van der Waals surface area (Å²) in [6.45, 7) is 7.44. The Labute approximate surface area is 160 Å². The fourth-order valence-electron chi connectivity index (χ4n) is 3.37. The Bertz CT molecular complexity index is 782. The normalized spacial score (nSPS) is 18.4. The largest absolute Gasteiger partial charge is 0.497 e. The molecule has 2 aromatic rings. The number of aliphatic hydroxyl groups excluding tert-OH is 1. The first-order valence-corrected chi connectivity index (χ1v) is 9.61. The number of nitrogens with zero attached hydrogens (tertiary/aromatic N) is 4. The molecule has 1 fully saturated rings. The quantitative estimate of drug-likeness (QED) is 0.785.